The minimum atomic E-state index is 0.290. The molecule has 1 N–H and O–H groups in total. The van der Waals surface area contributed by atoms with E-state index in [2.05, 4.69) is 31.3 Å². The van der Waals surface area contributed by atoms with Gasteiger partial charge < -0.3 is 14.8 Å². The predicted octanol–water partition coefficient (Wildman–Crippen LogP) is 3.44. The molecule has 20 heavy (non-hydrogen) atoms. The Morgan fingerprint density at radius 3 is 2.75 bits per heavy atom. The van der Waals surface area contributed by atoms with Gasteiger partial charge in [0.05, 0.1) is 19.8 Å². The summed E-state index contributed by atoms with van der Waals surface area (Å²) in [6.45, 7) is 5.76. The molecule has 4 heteroatoms. The molecule has 0 radical (unpaired) electrons. The largest absolute Gasteiger partial charge is 0.493 e. The Morgan fingerprint density at radius 1 is 1.30 bits per heavy atom. The number of hydrogen-bond acceptors (Lipinski definition) is 4. The van der Waals surface area contributed by atoms with Gasteiger partial charge in [0.1, 0.15) is 0 Å². The average Bonchev–Trinajstić information content (AvgIpc) is 2.47. The second-order valence-corrected chi connectivity index (χ2v) is 4.65. The van der Waals surface area contributed by atoms with Crippen LogP contribution in [0.5, 0.6) is 11.5 Å². The smallest absolute Gasteiger partial charge is 0.161 e. The van der Waals surface area contributed by atoms with Crippen LogP contribution in [0.3, 0.4) is 0 Å². The Balaban J connectivity index is 2.61. The van der Waals surface area contributed by atoms with Gasteiger partial charge in [-0.1, -0.05) is 13.0 Å². The van der Waals surface area contributed by atoms with Crippen molar-refractivity contribution in [3.63, 3.8) is 0 Å². The first-order valence-electron chi connectivity index (χ1n) is 7.14. The summed E-state index contributed by atoms with van der Waals surface area (Å²) in [5, 5.41) is 11.8. The van der Waals surface area contributed by atoms with Crippen molar-refractivity contribution in [3.05, 3.63) is 23.8 Å². The van der Waals surface area contributed by atoms with Crippen LogP contribution in [0.25, 0.3) is 0 Å². The van der Waals surface area contributed by atoms with Gasteiger partial charge in [0, 0.05) is 12.5 Å². The van der Waals surface area contributed by atoms with E-state index in [1.807, 2.05) is 12.1 Å². The summed E-state index contributed by atoms with van der Waals surface area (Å²) >= 11 is 0. The summed E-state index contributed by atoms with van der Waals surface area (Å²) in [6, 6.07) is 8.44. The normalized spacial score (nSPS) is 11.7. The average molecular weight is 276 g/mol. The van der Waals surface area contributed by atoms with Gasteiger partial charge in [0.15, 0.2) is 11.5 Å². The van der Waals surface area contributed by atoms with E-state index in [1.54, 1.807) is 7.11 Å². The summed E-state index contributed by atoms with van der Waals surface area (Å²) in [5.74, 6) is 1.52. The van der Waals surface area contributed by atoms with Crippen molar-refractivity contribution < 1.29 is 9.47 Å². The molecule has 0 bridgehead atoms. The minimum absolute atomic E-state index is 0.290. The number of ether oxygens (including phenoxy) is 2. The van der Waals surface area contributed by atoms with Crippen LogP contribution in [0.1, 0.15) is 44.7 Å². The predicted molar refractivity (Wildman–Crippen MR) is 80.0 cm³/mol. The maximum Gasteiger partial charge on any atom is 0.161 e. The van der Waals surface area contributed by atoms with Crippen molar-refractivity contribution in [2.75, 3.05) is 20.3 Å². The fourth-order valence-electron chi connectivity index (χ4n) is 1.99. The van der Waals surface area contributed by atoms with E-state index in [-0.39, 0.29) is 0 Å². The summed E-state index contributed by atoms with van der Waals surface area (Å²) < 4.78 is 11.1. The molecule has 0 aliphatic carbocycles. The first-order chi connectivity index (χ1) is 9.72. The van der Waals surface area contributed by atoms with Crippen LogP contribution in [0.2, 0.25) is 0 Å². The summed E-state index contributed by atoms with van der Waals surface area (Å²) in [7, 11) is 1.65. The van der Waals surface area contributed by atoms with E-state index in [9.17, 15) is 0 Å². The Morgan fingerprint density at radius 2 is 2.10 bits per heavy atom. The van der Waals surface area contributed by atoms with Gasteiger partial charge in [0.2, 0.25) is 0 Å². The monoisotopic (exact) mass is 276 g/mol. The highest BCUT2D eigenvalue weighted by atomic mass is 16.5. The molecule has 0 saturated heterocycles. The van der Waals surface area contributed by atoms with Gasteiger partial charge in [0.25, 0.3) is 0 Å². The van der Waals surface area contributed by atoms with E-state index in [4.69, 9.17) is 14.7 Å². The van der Waals surface area contributed by atoms with E-state index in [1.165, 1.54) is 5.56 Å². The van der Waals surface area contributed by atoms with Crippen LogP contribution >= 0.6 is 0 Å². The molecule has 110 valence electrons. The van der Waals surface area contributed by atoms with Crippen molar-refractivity contribution >= 4 is 0 Å². The van der Waals surface area contributed by atoms with Crippen LogP contribution in [0.4, 0.5) is 0 Å². The lowest BCUT2D eigenvalue weighted by atomic mass is 10.1. The van der Waals surface area contributed by atoms with Crippen molar-refractivity contribution in [3.8, 4) is 17.6 Å². The SMILES string of the molecule is CCNC(C)c1ccc(OCCCCC#N)c(OC)c1. The van der Waals surface area contributed by atoms with Crippen LogP contribution in [-0.4, -0.2) is 20.3 Å². The van der Waals surface area contributed by atoms with E-state index < -0.39 is 0 Å². The maximum atomic E-state index is 8.47. The Bertz CT molecular complexity index is 441. The van der Waals surface area contributed by atoms with Gasteiger partial charge in [-0.15, -0.1) is 0 Å². The number of nitrogens with zero attached hydrogens (tertiary/aromatic N) is 1. The van der Waals surface area contributed by atoms with Gasteiger partial charge in [-0.25, -0.2) is 0 Å². The zero-order valence-electron chi connectivity index (χ0n) is 12.6. The second kappa shape index (κ2) is 9.22. The number of hydrogen-bond donors (Lipinski definition) is 1. The third kappa shape index (κ3) is 5.10. The standard InChI is InChI=1S/C16H24N2O2/c1-4-18-13(2)14-8-9-15(16(12-14)19-3)20-11-7-5-6-10-17/h8-9,12-13,18H,4-7,11H2,1-3H3. The molecule has 1 aromatic carbocycles. The highest BCUT2D eigenvalue weighted by Gasteiger charge is 2.09. The van der Waals surface area contributed by atoms with Crippen LogP contribution in [0, 0.1) is 11.3 Å². The lowest BCUT2D eigenvalue weighted by Crippen LogP contribution is -2.17. The molecule has 0 saturated carbocycles. The minimum Gasteiger partial charge on any atom is -0.493 e. The van der Waals surface area contributed by atoms with Crippen LogP contribution in [0.15, 0.2) is 18.2 Å². The molecule has 0 fully saturated rings. The number of nitrogens with one attached hydrogen (secondary N) is 1. The molecule has 0 amide bonds. The molecule has 1 rings (SSSR count). The molecule has 0 aliphatic heterocycles. The Kier molecular flexibility index (Phi) is 7.52. The molecule has 1 aromatic rings. The number of methoxy groups -OCH3 is 1. The Labute approximate surface area is 121 Å². The van der Waals surface area contributed by atoms with Gasteiger partial charge >= 0.3 is 0 Å². The van der Waals surface area contributed by atoms with E-state index in [0.717, 1.165) is 30.9 Å². The molecule has 0 aromatic heterocycles. The molecule has 0 aliphatic rings. The first-order valence-corrected chi connectivity index (χ1v) is 7.14. The summed E-state index contributed by atoms with van der Waals surface area (Å²) in [5.41, 5.74) is 1.18. The van der Waals surface area contributed by atoms with Crippen molar-refractivity contribution in [1.82, 2.24) is 5.32 Å². The lowest BCUT2D eigenvalue weighted by Gasteiger charge is -2.16. The second-order valence-electron chi connectivity index (χ2n) is 4.65. The zero-order chi connectivity index (χ0) is 14.8. The summed E-state index contributed by atoms with van der Waals surface area (Å²) in [6.07, 6.45) is 2.33. The van der Waals surface area contributed by atoms with E-state index in [0.29, 0.717) is 19.1 Å². The third-order valence-corrected chi connectivity index (χ3v) is 3.14. The number of benzene rings is 1. The summed E-state index contributed by atoms with van der Waals surface area (Å²) in [4.78, 5) is 0. The zero-order valence-corrected chi connectivity index (χ0v) is 12.6. The maximum absolute atomic E-state index is 8.47. The fraction of sp³-hybridized carbons (Fsp3) is 0.562. The topological polar surface area (TPSA) is 54.3 Å². The molecule has 0 spiro atoms. The molecular weight excluding hydrogens is 252 g/mol. The lowest BCUT2D eigenvalue weighted by molar-refractivity contribution is 0.286. The number of rotatable bonds is 9. The quantitative estimate of drug-likeness (QED) is 0.702. The number of unbranched alkanes of at least 4 members (excludes halogenated alkanes) is 2. The molecule has 0 heterocycles. The molecular formula is C16H24N2O2. The van der Waals surface area contributed by atoms with Gasteiger partial charge in [-0.2, -0.15) is 5.26 Å². The fourth-order valence-corrected chi connectivity index (χ4v) is 1.99. The Hall–Kier alpha value is -1.73. The number of nitriles is 1. The highest BCUT2D eigenvalue weighted by molar-refractivity contribution is 5.43. The van der Waals surface area contributed by atoms with Crippen LogP contribution in [-0.2, 0) is 0 Å². The molecule has 4 nitrogen and oxygen atoms in total. The van der Waals surface area contributed by atoms with Gasteiger partial charge in [-0.05, 0) is 44.0 Å². The van der Waals surface area contributed by atoms with Gasteiger partial charge in [-0.3, -0.25) is 0 Å². The molecule has 1 unspecified atom stereocenters. The van der Waals surface area contributed by atoms with E-state index >= 15 is 0 Å². The highest BCUT2D eigenvalue weighted by Crippen LogP contribution is 2.30. The van der Waals surface area contributed by atoms with Crippen molar-refractivity contribution in [2.45, 2.75) is 39.2 Å². The third-order valence-electron chi connectivity index (χ3n) is 3.14. The van der Waals surface area contributed by atoms with Crippen LogP contribution < -0.4 is 14.8 Å². The van der Waals surface area contributed by atoms with Crippen molar-refractivity contribution in [1.29, 1.82) is 5.26 Å². The molecule has 1 atom stereocenters. The first kappa shape index (κ1) is 16.3. The van der Waals surface area contributed by atoms with Crippen molar-refractivity contribution in [2.24, 2.45) is 0 Å².